The van der Waals surface area contributed by atoms with Crippen LogP contribution in [0.1, 0.15) is 11.4 Å². The second-order valence-corrected chi connectivity index (χ2v) is 9.14. The van der Waals surface area contributed by atoms with E-state index < -0.39 is 10.0 Å². The molecule has 0 spiro atoms. The van der Waals surface area contributed by atoms with Gasteiger partial charge in [-0.25, -0.2) is 23.4 Å². The van der Waals surface area contributed by atoms with Crippen LogP contribution in [0.5, 0.6) is 0 Å². The Morgan fingerprint density at radius 1 is 0.900 bits per heavy atom. The zero-order chi connectivity index (χ0) is 21.1. The molecule has 1 aliphatic heterocycles. The molecule has 0 amide bonds. The van der Waals surface area contributed by atoms with E-state index in [1.165, 1.54) is 4.31 Å². The SMILES string of the molecule is Cc1ccnc(Nc2cc(N3CCN(S(=O)(=O)c4ccccc4)CC3)nc(C)n2)c1. The number of pyridine rings is 1. The summed E-state index contributed by atoms with van der Waals surface area (Å²) in [5.41, 5.74) is 1.11. The molecule has 3 aromatic rings. The highest BCUT2D eigenvalue weighted by atomic mass is 32.2. The van der Waals surface area contributed by atoms with E-state index in [0.29, 0.717) is 42.7 Å². The number of sulfonamides is 1. The number of piperazine rings is 1. The van der Waals surface area contributed by atoms with E-state index in [2.05, 4.69) is 25.2 Å². The molecule has 0 atom stereocenters. The quantitative estimate of drug-likeness (QED) is 0.673. The maximum Gasteiger partial charge on any atom is 0.243 e. The van der Waals surface area contributed by atoms with Gasteiger partial charge >= 0.3 is 0 Å². The van der Waals surface area contributed by atoms with Gasteiger partial charge in [-0.1, -0.05) is 18.2 Å². The first-order valence-corrected chi connectivity index (χ1v) is 11.2. The van der Waals surface area contributed by atoms with Crippen LogP contribution < -0.4 is 10.2 Å². The molecule has 9 heteroatoms. The fourth-order valence-electron chi connectivity index (χ4n) is 3.41. The van der Waals surface area contributed by atoms with Gasteiger partial charge in [0, 0.05) is 38.4 Å². The largest absolute Gasteiger partial charge is 0.354 e. The van der Waals surface area contributed by atoms with E-state index in [1.54, 1.807) is 30.5 Å². The van der Waals surface area contributed by atoms with Crippen molar-refractivity contribution in [3.05, 3.63) is 66.1 Å². The molecule has 1 N–H and O–H groups in total. The minimum atomic E-state index is -3.48. The van der Waals surface area contributed by atoms with Gasteiger partial charge < -0.3 is 10.2 Å². The third-order valence-corrected chi connectivity index (χ3v) is 6.85. The molecule has 30 heavy (non-hydrogen) atoms. The van der Waals surface area contributed by atoms with Crippen molar-refractivity contribution >= 4 is 27.5 Å². The van der Waals surface area contributed by atoms with Crippen molar-refractivity contribution in [2.24, 2.45) is 0 Å². The highest BCUT2D eigenvalue weighted by Crippen LogP contribution is 2.23. The lowest BCUT2D eigenvalue weighted by atomic mass is 10.3. The van der Waals surface area contributed by atoms with Crippen LogP contribution in [0.4, 0.5) is 17.5 Å². The molecule has 0 bridgehead atoms. The fraction of sp³-hybridized carbons (Fsp3) is 0.286. The number of hydrogen-bond acceptors (Lipinski definition) is 7. The van der Waals surface area contributed by atoms with Gasteiger partial charge in [0.15, 0.2) is 0 Å². The third-order valence-electron chi connectivity index (χ3n) is 4.94. The van der Waals surface area contributed by atoms with Crippen LogP contribution in [0, 0.1) is 13.8 Å². The second-order valence-electron chi connectivity index (χ2n) is 7.21. The highest BCUT2D eigenvalue weighted by Gasteiger charge is 2.29. The Kier molecular flexibility index (Phi) is 5.65. The number of anilines is 3. The molecule has 4 rings (SSSR count). The maximum atomic E-state index is 12.8. The summed E-state index contributed by atoms with van der Waals surface area (Å²) in [6, 6.07) is 14.3. The Labute approximate surface area is 176 Å². The Hall–Kier alpha value is -3.04. The van der Waals surface area contributed by atoms with Crippen molar-refractivity contribution in [3.8, 4) is 0 Å². The summed E-state index contributed by atoms with van der Waals surface area (Å²) >= 11 is 0. The van der Waals surface area contributed by atoms with Crippen molar-refractivity contribution in [1.82, 2.24) is 19.3 Å². The third kappa shape index (κ3) is 4.42. The molecular formula is C21H24N6O2S. The minimum absolute atomic E-state index is 0.327. The molecule has 8 nitrogen and oxygen atoms in total. The van der Waals surface area contributed by atoms with Gasteiger partial charge in [-0.3, -0.25) is 0 Å². The molecule has 3 heterocycles. The van der Waals surface area contributed by atoms with Crippen LogP contribution >= 0.6 is 0 Å². The molecule has 1 saturated heterocycles. The Morgan fingerprint density at radius 3 is 2.33 bits per heavy atom. The smallest absolute Gasteiger partial charge is 0.243 e. The normalized spacial score (nSPS) is 15.2. The molecular weight excluding hydrogens is 400 g/mol. The molecule has 0 aliphatic carbocycles. The number of aryl methyl sites for hydroxylation is 2. The van der Waals surface area contributed by atoms with E-state index >= 15 is 0 Å². The molecule has 1 aliphatic rings. The van der Waals surface area contributed by atoms with Crippen LogP contribution in [0.3, 0.4) is 0 Å². The predicted octanol–water partition coefficient (Wildman–Crippen LogP) is 2.74. The molecule has 1 aromatic carbocycles. The average Bonchev–Trinajstić information content (AvgIpc) is 2.74. The second kappa shape index (κ2) is 8.37. The zero-order valence-electron chi connectivity index (χ0n) is 17.0. The number of aromatic nitrogens is 3. The lowest BCUT2D eigenvalue weighted by Gasteiger charge is -2.34. The summed E-state index contributed by atoms with van der Waals surface area (Å²) in [7, 11) is -3.48. The summed E-state index contributed by atoms with van der Waals surface area (Å²) in [5.74, 6) is 2.80. The highest BCUT2D eigenvalue weighted by molar-refractivity contribution is 7.89. The first-order valence-electron chi connectivity index (χ1n) is 9.77. The molecule has 2 aromatic heterocycles. The molecule has 156 valence electrons. The number of benzene rings is 1. The maximum absolute atomic E-state index is 12.8. The van der Waals surface area contributed by atoms with E-state index in [4.69, 9.17) is 0 Å². The van der Waals surface area contributed by atoms with Crippen LogP contribution in [-0.4, -0.2) is 53.9 Å². The van der Waals surface area contributed by atoms with Crippen molar-refractivity contribution in [1.29, 1.82) is 0 Å². The summed E-state index contributed by atoms with van der Waals surface area (Å²) in [6.07, 6.45) is 1.75. The molecule has 0 saturated carbocycles. The number of hydrogen-bond donors (Lipinski definition) is 1. The number of nitrogens with one attached hydrogen (secondary N) is 1. The lowest BCUT2D eigenvalue weighted by Crippen LogP contribution is -2.49. The first kappa shape index (κ1) is 20.2. The Bertz CT molecular complexity index is 1130. The van der Waals surface area contributed by atoms with Gasteiger partial charge in [-0.15, -0.1) is 0 Å². The van der Waals surface area contributed by atoms with Crippen molar-refractivity contribution < 1.29 is 8.42 Å². The molecule has 0 radical (unpaired) electrons. The topological polar surface area (TPSA) is 91.3 Å². The van der Waals surface area contributed by atoms with E-state index in [1.807, 2.05) is 38.1 Å². The Balaban J connectivity index is 1.48. The van der Waals surface area contributed by atoms with Gasteiger partial charge in [0.05, 0.1) is 4.90 Å². The van der Waals surface area contributed by atoms with E-state index in [9.17, 15) is 8.42 Å². The molecule has 0 unspecified atom stereocenters. The van der Waals surface area contributed by atoms with Gasteiger partial charge in [0.1, 0.15) is 23.3 Å². The zero-order valence-corrected chi connectivity index (χ0v) is 17.8. The minimum Gasteiger partial charge on any atom is -0.354 e. The van der Waals surface area contributed by atoms with Gasteiger partial charge in [-0.05, 0) is 43.7 Å². The predicted molar refractivity (Wildman–Crippen MR) is 116 cm³/mol. The van der Waals surface area contributed by atoms with Crippen molar-refractivity contribution in [2.45, 2.75) is 18.7 Å². The number of rotatable bonds is 5. The number of nitrogens with zero attached hydrogens (tertiary/aromatic N) is 5. The van der Waals surface area contributed by atoms with E-state index in [0.717, 1.165) is 17.2 Å². The van der Waals surface area contributed by atoms with Crippen molar-refractivity contribution in [2.75, 3.05) is 36.4 Å². The summed E-state index contributed by atoms with van der Waals surface area (Å²) in [4.78, 5) is 15.7. The summed E-state index contributed by atoms with van der Waals surface area (Å²) in [5, 5.41) is 3.22. The molecule has 1 fully saturated rings. The van der Waals surface area contributed by atoms with Crippen LogP contribution in [0.2, 0.25) is 0 Å². The average molecular weight is 425 g/mol. The monoisotopic (exact) mass is 424 g/mol. The lowest BCUT2D eigenvalue weighted by molar-refractivity contribution is 0.383. The standard InChI is InChI=1S/C21H24N6O2S/c1-16-8-9-22-19(14-16)25-20-15-21(24-17(2)23-20)26-10-12-27(13-11-26)30(28,29)18-6-4-3-5-7-18/h3-9,14-15H,10-13H2,1-2H3,(H,22,23,24,25). The Morgan fingerprint density at radius 2 is 1.63 bits per heavy atom. The van der Waals surface area contributed by atoms with Gasteiger partial charge in [-0.2, -0.15) is 4.31 Å². The van der Waals surface area contributed by atoms with E-state index in [-0.39, 0.29) is 0 Å². The van der Waals surface area contributed by atoms with Crippen LogP contribution in [-0.2, 0) is 10.0 Å². The van der Waals surface area contributed by atoms with Gasteiger partial charge in [0.25, 0.3) is 0 Å². The summed E-state index contributed by atoms with van der Waals surface area (Å²) in [6.45, 7) is 5.78. The fourth-order valence-corrected chi connectivity index (χ4v) is 4.86. The summed E-state index contributed by atoms with van der Waals surface area (Å²) < 4.78 is 27.2. The van der Waals surface area contributed by atoms with Gasteiger partial charge in [0.2, 0.25) is 10.0 Å². The van der Waals surface area contributed by atoms with Crippen LogP contribution in [0.15, 0.2) is 59.6 Å². The van der Waals surface area contributed by atoms with Crippen LogP contribution in [0.25, 0.3) is 0 Å². The first-order chi connectivity index (χ1) is 14.4. The van der Waals surface area contributed by atoms with Crippen molar-refractivity contribution in [3.63, 3.8) is 0 Å².